The van der Waals surface area contributed by atoms with E-state index in [1.165, 1.54) is 5.56 Å². The second-order valence-corrected chi connectivity index (χ2v) is 13.9. The molecule has 2 nitrogen and oxygen atoms in total. The van der Waals surface area contributed by atoms with Gasteiger partial charge in [-0.25, -0.2) is 0 Å². The van der Waals surface area contributed by atoms with Gasteiger partial charge in [0.15, 0.2) is 8.32 Å². The van der Waals surface area contributed by atoms with E-state index in [-0.39, 0.29) is 28.6 Å². The minimum atomic E-state index is -1.80. The normalized spacial score (nSPS) is 26.7. The maximum absolute atomic E-state index is 6.73. The lowest BCUT2D eigenvalue weighted by Gasteiger charge is -2.59. The highest BCUT2D eigenvalue weighted by Gasteiger charge is 2.59. The average molecular weight is 347 g/mol. The van der Waals surface area contributed by atoms with Gasteiger partial charge in [-0.3, -0.25) is 0 Å². The molecule has 24 heavy (non-hydrogen) atoms. The van der Waals surface area contributed by atoms with E-state index < -0.39 is 8.32 Å². The van der Waals surface area contributed by atoms with Crippen LogP contribution in [-0.2, 0) is 15.8 Å². The van der Waals surface area contributed by atoms with E-state index in [1.807, 2.05) is 12.1 Å². The standard InChI is InChI=1S/C21H34O2Si/c1-9-17-18(22-15-16-13-11-10-12-14-16)21(5,6)19(17)23-24(7,8)20(2,3)4/h9-14,17-19H,1,15H2,2-8H3/t17-,18-,19-/m0/s1. The first-order chi connectivity index (χ1) is 11.0. The maximum atomic E-state index is 6.73. The lowest BCUT2D eigenvalue weighted by Crippen LogP contribution is -2.66. The minimum Gasteiger partial charge on any atom is -0.413 e. The summed E-state index contributed by atoms with van der Waals surface area (Å²) in [5.74, 6) is 0.262. The van der Waals surface area contributed by atoms with Gasteiger partial charge < -0.3 is 9.16 Å². The average Bonchev–Trinajstić information content (AvgIpc) is 2.49. The fourth-order valence-electron chi connectivity index (χ4n) is 3.25. The summed E-state index contributed by atoms with van der Waals surface area (Å²) >= 11 is 0. The first-order valence-electron chi connectivity index (χ1n) is 8.96. The van der Waals surface area contributed by atoms with Crippen molar-refractivity contribution in [3.05, 3.63) is 48.6 Å². The predicted molar refractivity (Wildman–Crippen MR) is 105 cm³/mol. The Morgan fingerprint density at radius 1 is 1.12 bits per heavy atom. The summed E-state index contributed by atoms with van der Waals surface area (Å²) < 4.78 is 13.0. The largest absolute Gasteiger partial charge is 0.413 e. The van der Waals surface area contributed by atoms with Crippen LogP contribution in [0.25, 0.3) is 0 Å². The Balaban J connectivity index is 2.07. The van der Waals surface area contributed by atoms with Crippen LogP contribution in [-0.4, -0.2) is 20.5 Å². The molecule has 0 radical (unpaired) electrons. The smallest absolute Gasteiger partial charge is 0.192 e. The molecule has 1 aliphatic carbocycles. The highest BCUT2D eigenvalue weighted by molar-refractivity contribution is 6.74. The lowest BCUT2D eigenvalue weighted by molar-refractivity contribution is -0.206. The molecule has 0 N–H and O–H groups in total. The number of hydrogen-bond donors (Lipinski definition) is 0. The fourth-order valence-corrected chi connectivity index (χ4v) is 4.70. The van der Waals surface area contributed by atoms with Crippen molar-refractivity contribution in [2.45, 2.75) is 71.6 Å². The summed E-state index contributed by atoms with van der Waals surface area (Å²) in [6.45, 7) is 20.7. The summed E-state index contributed by atoms with van der Waals surface area (Å²) in [4.78, 5) is 0. The summed E-state index contributed by atoms with van der Waals surface area (Å²) in [7, 11) is -1.80. The second-order valence-electron chi connectivity index (χ2n) is 9.15. The lowest BCUT2D eigenvalue weighted by atomic mass is 9.59. The Morgan fingerprint density at radius 3 is 2.21 bits per heavy atom. The number of benzene rings is 1. The monoisotopic (exact) mass is 346 g/mol. The third kappa shape index (κ3) is 3.68. The molecule has 1 aliphatic rings. The quantitative estimate of drug-likeness (QED) is 0.478. The van der Waals surface area contributed by atoms with Crippen LogP contribution in [0, 0.1) is 11.3 Å². The van der Waals surface area contributed by atoms with Crippen molar-refractivity contribution in [3.8, 4) is 0 Å². The van der Waals surface area contributed by atoms with E-state index >= 15 is 0 Å². The van der Waals surface area contributed by atoms with Gasteiger partial charge in [-0.15, -0.1) is 6.58 Å². The first-order valence-corrected chi connectivity index (χ1v) is 11.9. The first kappa shape index (κ1) is 19.4. The van der Waals surface area contributed by atoms with Crippen LogP contribution in [0.2, 0.25) is 18.1 Å². The molecular weight excluding hydrogens is 312 g/mol. The van der Waals surface area contributed by atoms with Crippen molar-refractivity contribution in [2.24, 2.45) is 11.3 Å². The molecule has 0 spiro atoms. The van der Waals surface area contributed by atoms with E-state index in [0.29, 0.717) is 6.61 Å². The van der Waals surface area contributed by atoms with Crippen molar-refractivity contribution in [3.63, 3.8) is 0 Å². The third-order valence-electron chi connectivity index (χ3n) is 5.94. The minimum absolute atomic E-state index is 0.00313. The van der Waals surface area contributed by atoms with Gasteiger partial charge in [0.05, 0.1) is 18.8 Å². The molecule has 134 valence electrons. The number of hydrogen-bond acceptors (Lipinski definition) is 2. The molecule has 0 saturated heterocycles. The van der Waals surface area contributed by atoms with Crippen LogP contribution in [0.3, 0.4) is 0 Å². The summed E-state index contributed by atoms with van der Waals surface area (Å²) in [5, 5.41) is 0.213. The molecule has 3 heteroatoms. The summed E-state index contributed by atoms with van der Waals surface area (Å²) in [5.41, 5.74) is 1.22. The zero-order valence-electron chi connectivity index (χ0n) is 16.4. The van der Waals surface area contributed by atoms with Crippen LogP contribution < -0.4 is 0 Å². The van der Waals surface area contributed by atoms with E-state index in [4.69, 9.17) is 9.16 Å². The van der Waals surface area contributed by atoms with Crippen LogP contribution in [0.1, 0.15) is 40.2 Å². The molecule has 0 aromatic heterocycles. The van der Waals surface area contributed by atoms with E-state index in [0.717, 1.165) is 0 Å². The second kappa shape index (κ2) is 6.78. The molecule has 0 heterocycles. The predicted octanol–water partition coefficient (Wildman–Crippen LogP) is 5.80. The Kier molecular flexibility index (Phi) is 5.48. The van der Waals surface area contributed by atoms with Gasteiger partial charge in [-0.05, 0) is 23.7 Å². The van der Waals surface area contributed by atoms with Crippen LogP contribution in [0.5, 0.6) is 0 Å². The van der Waals surface area contributed by atoms with Crippen molar-refractivity contribution in [1.82, 2.24) is 0 Å². The zero-order chi connectivity index (χ0) is 18.2. The zero-order valence-corrected chi connectivity index (χ0v) is 17.4. The topological polar surface area (TPSA) is 18.5 Å². The summed E-state index contributed by atoms with van der Waals surface area (Å²) in [6, 6.07) is 10.4. The maximum Gasteiger partial charge on any atom is 0.192 e. The van der Waals surface area contributed by atoms with Crippen LogP contribution >= 0.6 is 0 Å². The molecule has 3 atom stereocenters. The Bertz CT molecular complexity index is 557. The third-order valence-corrected chi connectivity index (χ3v) is 10.4. The van der Waals surface area contributed by atoms with Gasteiger partial charge in [0, 0.05) is 11.3 Å². The van der Waals surface area contributed by atoms with Gasteiger partial charge in [0.2, 0.25) is 0 Å². The van der Waals surface area contributed by atoms with Gasteiger partial charge in [0.1, 0.15) is 0 Å². The highest BCUT2D eigenvalue weighted by atomic mass is 28.4. The van der Waals surface area contributed by atoms with E-state index in [9.17, 15) is 0 Å². The molecule has 0 aliphatic heterocycles. The van der Waals surface area contributed by atoms with Crippen molar-refractivity contribution < 1.29 is 9.16 Å². The van der Waals surface area contributed by atoms with Gasteiger partial charge in [0.25, 0.3) is 0 Å². The Morgan fingerprint density at radius 2 is 1.71 bits per heavy atom. The van der Waals surface area contributed by atoms with Crippen LogP contribution in [0.4, 0.5) is 0 Å². The molecule has 0 unspecified atom stereocenters. The fraction of sp³-hybridized carbons (Fsp3) is 0.619. The van der Waals surface area contributed by atoms with Crippen molar-refractivity contribution in [1.29, 1.82) is 0 Å². The molecule has 0 amide bonds. The Hall–Kier alpha value is -0.903. The highest BCUT2D eigenvalue weighted by Crippen LogP contribution is 2.53. The molecule has 1 aromatic rings. The van der Waals surface area contributed by atoms with Gasteiger partial charge >= 0.3 is 0 Å². The molecule has 2 rings (SSSR count). The van der Waals surface area contributed by atoms with Crippen molar-refractivity contribution in [2.75, 3.05) is 0 Å². The van der Waals surface area contributed by atoms with E-state index in [2.05, 4.69) is 78.6 Å². The number of ether oxygens (including phenoxy) is 1. The SMILES string of the molecule is C=C[C@H]1[C@H](OCc2ccccc2)C(C)(C)[C@H]1O[Si](C)(C)C(C)(C)C. The molecule has 1 aromatic carbocycles. The van der Waals surface area contributed by atoms with Gasteiger partial charge in [-0.2, -0.15) is 0 Å². The molecule has 1 saturated carbocycles. The Labute approximate surface area is 149 Å². The van der Waals surface area contributed by atoms with Crippen LogP contribution in [0.15, 0.2) is 43.0 Å². The van der Waals surface area contributed by atoms with E-state index in [1.54, 1.807) is 0 Å². The summed E-state index contributed by atoms with van der Waals surface area (Å²) in [6.07, 6.45) is 2.38. The molecule has 1 fully saturated rings. The van der Waals surface area contributed by atoms with Gasteiger partial charge in [-0.1, -0.05) is 71.0 Å². The number of rotatable bonds is 6. The molecular formula is C21H34O2Si. The molecule has 0 bridgehead atoms. The van der Waals surface area contributed by atoms with Crippen molar-refractivity contribution >= 4 is 8.32 Å².